The van der Waals surface area contributed by atoms with Crippen molar-refractivity contribution in [2.24, 2.45) is 0 Å². The Morgan fingerprint density at radius 2 is 1.10 bits per heavy atom. The molecule has 0 heterocycles. The summed E-state index contributed by atoms with van der Waals surface area (Å²) in [5, 5.41) is 15.1. The molecule has 0 rings (SSSR count). The van der Waals surface area contributed by atoms with Crippen molar-refractivity contribution in [3.05, 3.63) is 0 Å². The van der Waals surface area contributed by atoms with Crippen LogP contribution in [0.25, 0.3) is 0 Å². The largest absolute Gasteiger partial charge is 0.547 e. The van der Waals surface area contributed by atoms with Gasteiger partial charge in [0.15, 0.2) is 0 Å². The Morgan fingerprint density at radius 3 is 1.20 bits per heavy atom. The zero-order chi connectivity index (χ0) is 6.57. The molecule has 0 aromatic rings. The van der Waals surface area contributed by atoms with E-state index >= 15 is 0 Å². The van der Waals surface area contributed by atoms with Crippen LogP contribution in [0.3, 0.4) is 0 Å². The van der Waals surface area contributed by atoms with Crippen molar-refractivity contribution in [1.29, 1.82) is 0 Å². The zero-order valence-corrected chi connectivity index (χ0v) is 12.1. The maximum absolute atomic E-state index is 9.29. The summed E-state index contributed by atoms with van der Waals surface area (Å²) in [7, 11) is 0. The summed E-state index contributed by atoms with van der Waals surface area (Å²) >= 11 is 0. The van der Waals surface area contributed by atoms with E-state index in [-0.39, 0.29) is 82.6 Å². The molecule has 0 aliphatic rings. The SMILES string of the molecule is O=C(O)OOC(=O)O.[Pr].[Pr]. The Kier molecular flexibility index (Phi) is 17.8. The number of carbonyl (C=O) groups is 2. The summed E-state index contributed by atoms with van der Waals surface area (Å²) < 4.78 is 0. The molecule has 8 heteroatoms. The first-order valence-corrected chi connectivity index (χ1v) is 1.43. The predicted molar refractivity (Wildman–Crippen MR) is 18.2 cm³/mol. The van der Waals surface area contributed by atoms with E-state index in [1.165, 1.54) is 0 Å². The van der Waals surface area contributed by atoms with E-state index in [1.54, 1.807) is 0 Å². The minimum atomic E-state index is -1.80. The van der Waals surface area contributed by atoms with Gasteiger partial charge in [0.05, 0.1) is 0 Å². The summed E-state index contributed by atoms with van der Waals surface area (Å²) in [6.07, 6.45) is -3.60. The molecular formula is C2H2O6Pr2. The van der Waals surface area contributed by atoms with E-state index in [9.17, 15) is 9.59 Å². The molecule has 6 nitrogen and oxygen atoms in total. The van der Waals surface area contributed by atoms with Gasteiger partial charge in [-0.05, 0) is 0 Å². The summed E-state index contributed by atoms with van der Waals surface area (Å²) in [5.74, 6) is 0. The van der Waals surface area contributed by atoms with Gasteiger partial charge in [-0.1, -0.05) is 0 Å². The van der Waals surface area contributed by atoms with Crippen molar-refractivity contribution in [2.75, 3.05) is 0 Å². The Hall–Kier alpha value is 1.27. The third-order valence-corrected chi connectivity index (χ3v) is 0.184. The second-order valence-electron chi connectivity index (χ2n) is 0.698. The van der Waals surface area contributed by atoms with E-state index in [1.807, 2.05) is 0 Å². The molecule has 0 aromatic heterocycles. The van der Waals surface area contributed by atoms with Crippen LogP contribution in [0.5, 0.6) is 0 Å². The number of rotatable bonds is 0. The second kappa shape index (κ2) is 10.3. The van der Waals surface area contributed by atoms with Gasteiger partial charge in [0.2, 0.25) is 0 Å². The molecule has 0 fully saturated rings. The van der Waals surface area contributed by atoms with E-state index < -0.39 is 12.3 Å². The van der Waals surface area contributed by atoms with Crippen LogP contribution in [0, 0.1) is 82.6 Å². The van der Waals surface area contributed by atoms with Crippen LogP contribution in [0.15, 0.2) is 0 Å². The predicted octanol–water partition coefficient (Wildman–Crippen LogP) is 0.291. The monoisotopic (exact) mass is 404 g/mol. The van der Waals surface area contributed by atoms with Crippen LogP contribution in [0.2, 0.25) is 0 Å². The molecule has 0 spiro atoms. The summed E-state index contributed by atoms with van der Waals surface area (Å²) in [4.78, 5) is 24.8. The van der Waals surface area contributed by atoms with Gasteiger partial charge in [-0.2, -0.15) is 0 Å². The van der Waals surface area contributed by atoms with Crippen LogP contribution in [0.1, 0.15) is 0 Å². The smallest absolute Gasteiger partial charge is 0.447 e. The molecule has 0 aromatic carbocycles. The first kappa shape index (κ1) is 17.4. The van der Waals surface area contributed by atoms with Gasteiger partial charge in [-0.3, -0.25) is 0 Å². The van der Waals surface area contributed by atoms with Crippen LogP contribution in [-0.4, -0.2) is 22.5 Å². The number of carboxylic acid groups (broad SMARTS) is 2. The molecule has 0 amide bonds. The third-order valence-electron chi connectivity index (χ3n) is 0.184. The molecule has 0 saturated heterocycles. The molecule has 2 radical (unpaired) electrons. The van der Waals surface area contributed by atoms with E-state index in [0.717, 1.165) is 0 Å². The van der Waals surface area contributed by atoms with Crippen LogP contribution in [-0.2, 0) is 9.78 Å². The van der Waals surface area contributed by atoms with Crippen molar-refractivity contribution in [2.45, 2.75) is 0 Å². The van der Waals surface area contributed by atoms with Crippen LogP contribution < -0.4 is 0 Å². The van der Waals surface area contributed by atoms with Gasteiger partial charge in [0.1, 0.15) is 0 Å². The third kappa shape index (κ3) is 16.1. The quantitative estimate of drug-likeness (QED) is 0.446. The molecule has 0 bridgehead atoms. The number of hydrogen-bond acceptors (Lipinski definition) is 4. The fraction of sp³-hybridized carbons (Fsp3) is 0. The summed E-state index contributed by atoms with van der Waals surface area (Å²) in [6, 6.07) is 0. The van der Waals surface area contributed by atoms with E-state index in [4.69, 9.17) is 10.2 Å². The van der Waals surface area contributed by atoms with Gasteiger partial charge >= 0.3 is 12.3 Å². The summed E-state index contributed by atoms with van der Waals surface area (Å²) in [6.45, 7) is 0. The first-order valence-electron chi connectivity index (χ1n) is 1.43. The molecular weight excluding hydrogens is 402 g/mol. The standard InChI is InChI=1S/C2H2O6.2Pr/c3-1(4)7-8-2(5)6;;/h(H,3,4)(H,5,6);;. The van der Waals surface area contributed by atoms with E-state index in [0.29, 0.717) is 0 Å². The molecule has 0 aliphatic carbocycles. The van der Waals surface area contributed by atoms with Gasteiger partial charge in [0.25, 0.3) is 0 Å². The topological polar surface area (TPSA) is 93.1 Å². The van der Waals surface area contributed by atoms with Crippen molar-refractivity contribution in [1.82, 2.24) is 0 Å². The van der Waals surface area contributed by atoms with Gasteiger partial charge in [0, 0.05) is 82.6 Å². The Bertz CT molecular complexity index is 98.3. The minimum Gasteiger partial charge on any atom is -0.447 e. The minimum absolute atomic E-state index is 0. The molecule has 0 atom stereocenters. The molecule has 0 aliphatic heterocycles. The first-order chi connectivity index (χ1) is 3.63. The van der Waals surface area contributed by atoms with E-state index in [2.05, 4.69) is 9.78 Å². The fourth-order valence-electron chi connectivity index (χ4n) is 0.0713. The molecule has 52 valence electrons. The van der Waals surface area contributed by atoms with Crippen molar-refractivity contribution in [3.8, 4) is 0 Å². The molecule has 0 unspecified atom stereocenters. The van der Waals surface area contributed by atoms with Crippen molar-refractivity contribution >= 4 is 12.3 Å². The summed E-state index contributed by atoms with van der Waals surface area (Å²) in [5.41, 5.74) is 0. The zero-order valence-electron chi connectivity index (χ0n) is 4.68. The average molecular weight is 404 g/mol. The molecule has 2 N–H and O–H groups in total. The average Bonchev–Trinajstić information content (AvgIpc) is 1.61. The maximum atomic E-state index is 9.29. The van der Waals surface area contributed by atoms with Gasteiger partial charge in [-0.15, -0.1) is 0 Å². The van der Waals surface area contributed by atoms with Crippen LogP contribution in [0.4, 0.5) is 9.59 Å². The normalized spacial score (nSPS) is 6.00. The van der Waals surface area contributed by atoms with Crippen molar-refractivity contribution in [3.63, 3.8) is 0 Å². The second-order valence-corrected chi connectivity index (χ2v) is 0.698. The van der Waals surface area contributed by atoms with Crippen molar-refractivity contribution < 1.29 is 112 Å². The molecule has 0 saturated carbocycles. The van der Waals surface area contributed by atoms with Crippen LogP contribution >= 0.6 is 0 Å². The maximum Gasteiger partial charge on any atom is 0.547 e. The Labute approximate surface area is 122 Å². The fourth-order valence-corrected chi connectivity index (χ4v) is 0.0713. The van der Waals surface area contributed by atoms with Gasteiger partial charge in [-0.25, -0.2) is 19.4 Å². The van der Waals surface area contributed by atoms with Gasteiger partial charge < -0.3 is 10.2 Å². The number of hydrogen-bond donors (Lipinski definition) is 2. The Morgan fingerprint density at radius 1 is 0.900 bits per heavy atom. The Balaban J connectivity index is -0.000000245. The molecule has 10 heavy (non-hydrogen) atoms.